The monoisotopic (exact) mass is 300 g/mol. The van der Waals surface area contributed by atoms with Crippen molar-refractivity contribution in [1.29, 1.82) is 0 Å². The second kappa shape index (κ2) is 5.17. The molecule has 2 saturated heterocycles. The molecule has 1 saturated carbocycles. The number of hydrogen-bond donors (Lipinski definition) is 2. The van der Waals surface area contributed by atoms with E-state index in [1.165, 1.54) is 0 Å². The van der Waals surface area contributed by atoms with Crippen molar-refractivity contribution in [1.82, 2.24) is 0 Å². The smallest absolute Gasteiger partial charge is 0.193 e. The maximum Gasteiger partial charge on any atom is 0.193 e. The fourth-order valence-electron chi connectivity index (χ4n) is 4.83. The van der Waals surface area contributed by atoms with Crippen molar-refractivity contribution in [3.05, 3.63) is 0 Å². The van der Waals surface area contributed by atoms with Crippen LogP contribution in [0.4, 0.5) is 0 Å². The minimum atomic E-state index is -0.869. The molecule has 0 aromatic rings. The highest BCUT2D eigenvalue weighted by atomic mass is 17.1. The van der Waals surface area contributed by atoms with Crippen LogP contribution >= 0.6 is 0 Å². The van der Waals surface area contributed by atoms with E-state index in [2.05, 4.69) is 6.92 Å². The number of aliphatic hydroxyl groups excluding tert-OH is 1. The number of ether oxygens (including phenoxy) is 2. The molecule has 5 nitrogen and oxygen atoms in total. The highest BCUT2D eigenvalue weighted by molar-refractivity contribution is 5.07. The highest BCUT2D eigenvalue weighted by Gasteiger charge is 2.65. The van der Waals surface area contributed by atoms with Crippen molar-refractivity contribution in [3.8, 4) is 0 Å². The normalized spacial score (nSPS) is 52.9. The lowest BCUT2D eigenvalue weighted by Gasteiger charge is -2.57. The van der Waals surface area contributed by atoms with Gasteiger partial charge < -0.3 is 14.6 Å². The zero-order valence-electron chi connectivity index (χ0n) is 13.4. The van der Waals surface area contributed by atoms with E-state index in [-0.39, 0.29) is 23.4 Å². The molecule has 0 aromatic carbocycles. The van der Waals surface area contributed by atoms with Gasteiger partial charge in [0.25, 0.3) is 0 Å². The second-order valence-corrected chi connectivity index (χ2v) is 7.85. The van der Waals surface area contributed by atoms with Crippen LogP contribution in [0.5, 0.6) is 0 Å². The maximum absolute atomic E-state index is 10.2. The molecule has 2 heterocycles. The van der Waals surface area contributed by atoms with Gasteiger partial charge in [0.1, 0.15) is 0 Å². The number of aliphatic hydroxyl groups is 1. The van der Waals surface area contributed by atoms with Crippen molar-refractivity contribution in [3.63, 3.8) is 0 Å². The fraction of sp³-hybridized carbons (Fsp3) is 1.00. The molecule has 0 radical (unpaired) electrons. The third-order valence-electron chi connectivity index (χ3n) is 6.14. The zero-order valence-corrected chi connectivity index (χ0v) is 13.4. The van der Waals surface area contributed by atoms with E-state index in [1.54, 1.807) is 0 Å². The van der Waals surface area contributed by atoms with Crippen LogP contribution in [0.25, 0.3) is 0 Å². The lowest BCUT2D eigenvalue weighted by molar-refractivity contribution is -0.461. The van der Waals surface area contributed by atoms with Crippen molar-refractivity contribution in [2.24, 2.45) is 23.7 Å². The molecule has 5 heteroatoms. The SMILES string of the molecule is C[C@H]1C(O)O[C@@H]2OC(C)(C)CCC3[C@H](C)CCC1[C@]32OO. The summed E-state index contributed by atoms with van der Waals surface area (Å²) >= 11 is 0. The summed E-state index contributed by atoms with van der Waals surface area (Å²) in [6.45, 7) is 8.24. The van der Waals surface area contributed by atoms with Gasteiger partial charge in [-0.15, -0.1) is 0 Å². The molecule has 122 valence electrons. The predicted octanol–water partition coefficient (Wildman–Crippen LogP) is 2.78. The molecule has 3 rings (SSSR count). The summed E-state index contributed by atoms with van der Waals surface area (Å²) in [5.74, 6) is 0.599. The molecule has 3 aliphatic rings. The van der Waals surface area contributed by atoms with Crippen LogP contribution in [0.3, 0.4) is 0 Å². The van der Waals surface area contributed by atoms with Gasteiger partial charge in [-0.3, -0.25) is 5.26 Å². The average Bonchev–Trinajstić information content (AvgIpc) is 2.53. The van der Waals surface area contributed by atoms with Crippen molar-refractivity contribution >= 4 is 0 Å². The molecule has 2 aliphatic heterocycles. The minimum absolute atomic E-state index is 0.0475. The first-order chi connectivity index (χ1) is 9.82. The minimum Gasteiger partial charge on any atom is -0.368 e. The molecular weight excluding hydrogens is 272 g/mol. The van der Waals surface area contributed by atoms with Gasteiger partial charge in [-0.1, -0.05) is 13.8 Å². The number of rotatable bonds is 1. The van der Waals surface area contributed by atoms with E-state index >= 15 is 0 Å². The fourth-order valence-corrected chi connectivity index (χ4v) is 4.83. The first kappa shape index (κ1) is 15.7. The maximum atomic E-state index is 10.2. The molecule has 0 aromatic heterocycles. The van der Waals surface area contributed by atoms with E-state index in [9.17, 15) is 10.4 Å². The molecule has 0 bridgehead atoms. The van der Waals surface area contributed by atoms with Crippen LogP contribution in [0.2, 0.25) is 0 Å². The summed E-state index contributed by atoms with van der Waals surface area (Å²) in [6.07, 6.45) is 2.25. The molecular formula is C16H28O5. The van der Waals surface area contributed by atoms with Gasteiger partial charge in [0.15, 0.2) is 18.2 Å². The zero-order chi connectivity index (χ0) is 15.4. The van der Waals surface area contributed by atoms with E-state index < -0.39 is 18.2 Å². The third-order valence-corrected chi connectivity index (χ3v) is 6.14. The largest absolute Gasteiger partial charge is 0.368 e. The molecule has 7 atom stereocenters. The molecule has 0 spiro atoms. The summed E-state index contributed by atoms with van der Waals surface area (Å²) in [7, 11) is 0. The topological polar surface area (TPSA) is 68.2 Å². The second-order valence-electron chi connectivity index (χ2n) is 7.85. The quantitative estimate of drug-likeness (QED) is 0.576. The third kappa shape index (κ3) is 2.25. The Morgan fingerprint density at radius 2 is 1.81 bits per heavy atom. The van der Waals surface area contributed by atoms with Crippen molar-refractivity contribution < 1.29 is 24.7 Å². The van der Waals surface area contributed by atoms with E-state index in [1.807, 2.05) is 20.8 Å². The van der Waals surface area contributed by atoms with Crippen molar-refractivity contribution in [2.45, 2.75) is 77.2 Å². The van der Waals surface area contributed by atoms with Crippen LogP contribution in [0.1, 0.15) is 53.4 Å². The lowest BCUT2D eigenvalue weighted by atomic mass is 9.58. The van der Waals surface area contributed by atoms with Crippen LogP contribution in [-0.2, 0) is 14.4 Å². The molecule has 3 fully saturated rings. The Bertz CT molecular complexity index is 398. The van der Waals surface area contributed by atoms with Crippen LogP contribution in [0, 0.1) is 23.7 Å². The molecule has 3 unspecified atom stereocenters. The van der Waals surface area contributed by atoms with Gasteiger partial charge in [-0.2, -0.15) is 0 Å². The molecule has 1 aliphatic carbocycles. The first-order valence-electron chi connectivity index (χ1n) is 8.16. The summed E-state index contributed by atoms with van der Waals surface area (Å²) < 4.78 is 11.9. The van der Waals surface area contributed by atoms with E-state index in [4.69, 9.17) is 14.4 Å². The van der Waals surface area contributed by atoms with Gasteiger partial charge in [-0.25, -0.2) is 4.89 Å². The molecule has 2 N–H and O–H groups in total. The first-order valence-corrected chi connectivity index (χ1v) is 8.16. The van der Waals surface area contributed by atoms with Crippen molar-refractivity contribution in [2.75, 3.05) is 0 Å². The summed E-state index contributed by atoms with van der Waals surface area (Å²) in [6, 6.07) is 0. The van der Waals surface area contributed by atoms with Gasteiger partial charge in [0, 0.05) is 11.8 Å². The van der Waals surface area contributed by atoms with Gasteiger partial charge in [0.2, 0.25) is 0 Å². The summed E-state index contributed by atoms with van der Waals surface area (Å²) in [5.41, 5.74) is -1.21. The van der Waals surface area contributed by atoms with Gasteiger partial charge in [0.05, 0.1) is 5.60 Å². The average molecular weight is 300 g/mol. The Morgan fingerprint density at radius 3 is 2.48 bits per heavy atom. The Balaban J connectivity index is 2.07. The summed E-state index contributed by atoms with van der Waals surface area (Å²) in [4.78, 5) is 5.15. The van der Waals surface area contributed by atoms with E-state index in [0.717, 1.165) is 25.7 Å². The van der Waals surface area contributed by atoms with Gasteiger partial charge >= 0.3 is 0 Å². The van der Waals surface area contributed by atoms with Crippen LogP contribution in [0.15, 0.2) is 0 Å². The Labute approximate surface area is 126 Å². The lowest BCUT2D eigenvalue weighted by Crippen LogP contribution is -2.67. The Hall–Kier alpha value is -0.200. The predicted molar refractivity (Wildman–Crippen MR) is 76.3 cm³/mol. The van der Waals surface area contributed by atoms with Gasteiger partial charge in [-0.05, 0) is 51.4 Å². The standard InChI is InChI=1S/C16H28O5/c1-9-5-6-12-10(2)13(17)19-14-16(12,21-18)11(9)7-8-15(3,4)20-14/h9-14,17-18H,5-8H2,1-4H3/t9-,10-,11?,12?,13?,14-,16-/m1/s1. The Kier molecular flexibility index (Phi) is 3.86. The molecule has 0 amide bonds. The van der Waals surface area contributed by atoms with E-state index in [0.29, 0.717) is 5.92 Å². The van der Waals surface area contributed by atoms with Crippen LogP contribution < -0.4 is 0 Å². The number of hydrogen-bond acceptors (Lipinski definition) is 5. The molecule has 21 heavy (non-hydrogen) atoms. The highest BCUT2D eigenvalue weighted by Crippen LogP contribution is 2.57. The van der Waals surface area contributed by atoms with Crippen LogP contribution in [-0.4, -0.2) is 34.1 Å². The Morgan fingerprint density at radius 1 is 1.10 bits per heavy atom. The summed E-state index contributed by atoms with van der Waals surface area (Å²) in [5, 5.41) is 20.1.